The molecule has 1 aliphatic rings. The second-order valence-electron chi connectivity index (χ2n) is 6.43. The molecule has 27 heavy (non-hydrogen) atoms. The van der Waals surface area contributed by atoms with Gasteiger partial charge in [0.05, 0.1) is 13.2 Å². The Kier molecular flexibility index (Phi) is 6.68. The predicted molar refractivity (Wildman–Crippen MR) is 104 cm³/mol. The zero-order chi connectivity index (χ0) is 19.1. The van der Waals surface area contributed by atoms with Crippen LogP contribution in [0.25, 0.3) is 0 Å². The van der Waals surface area contributed by atoms with E-state index in [1.165, 1.54) is 0 Å². The smallest absolute Gasteiger partial charge is 0.238 e. The van der Waals surface area contributed by atoms with Crippen LogP contribution in [0.3, 0.4) is 0 Å². The van der Waals surface area contributed by atoms with E-state index in [0.29, 0.717) is 26.2 Å². The van der Waals surface area contributed by atoms with E-state index in [0.717, 1.165) is 22.6 Å². The molecule has 144 valence electrons. The highest BCUT2D eigenvalue weighted by Gasteiger charge is 2.29. The monoisotopic (exact) mass is 369 g/mol. The Labute approximate surface area is 160 Å². The first-order valence-electron chi connectivity index (χ1n) is 9.42. The summed E-state index contributed by atoms with van der Waals surface area (Å²) in [6.45, 7) is 5.71. The topological polar surface area (TPSA) is 71.6 Å². The average molecular weight is 369 g/mol. The van der Waals surface area contributed by atoms with Crippen LogP contribution in [0.2, 0.25) is 0 Å². The SMILES string of the molecule is CCOc1ccc(CNC(=O)C2CC(c3ccc(OCC)cc3)NN2)cc1. The number of hydrazine groups is 1. The lowest BCUT2D eigenvalue weighted by Gasteiger charge is -2.12. The molecule has 0 aliphatic carbocycles. The quantitative estimate of drug-likeness (QED) is 0.667. The summed E-state index contributed by atoms with van der Waals surface area (Å²) in [6, 6.07) is 15.6. The van der Waals surface area contributed by atoms with Crippen LogP contribution in [0.1, 0.15) is 37.4 Å². The molecule has 1 heterocycles. The molecule has 2 aromatic carbocycles. The lowest BCUT2D eigenvalue weighted by Crippen LogP contribution is -2.42. The second-order valence-corrected chi connectivity index (χ2v) is 6.43. The third-order valence-electron chi connectivity index (χ3n) is 4.51. The lowest BCUT2D eigenvalue weighted by atomic mass is 10.0. The molecule has 6 nitrogen and oxygen atoms in total. The van der Waals surface area contributed by atoms with Crippen molar-refractivity contribution in [2.45, 2.75) is 38.9 Å². The molecule has 1 aliphatic heterocycles. The summed E-state index contributed by atoms with van der Waals surface area (Å²) in [6.07, 6.45) is 0.698. The van der Waals surface area contributed by atoms with E-state index in [2.05, 4.69) is 16.2 Å². The minimum atomic E-state index is -0.260. The van der Waals surface area contributed by atoms with Crippen molar-refractivity contribution in [1.82, 2.24) is 16.2 Å². The number of benzene rings is 2. The molecular formula is C21H27N3O3. The number of amides is 1. The Morgan fingerprint density at radius 3 is 2.15 bits per heavy atom. The number of carbonyl (C=O) groups is 1. The molecule has 1 saturated heterocycles. The normalized spacial score (nSPS) is 18.9. The maximum Gasteiger partial charge on any atom is 0.238 e. The third kappa shape index (κ3) is 5.21. The Morgan fingerprint density at radius 2 is 1.56 bits per heavy atom. The summed E-state index contributed by atoms with van der Waals surface area (Å²) in [7, 11) is 0. The van der Waals surface area contributed by atoms with Gasteiger partial charge in [0.25, 0.3) is 0 Å². The van der Waals surface area contributed by atoms with Crippen LogP contribution in [-0.2, 0) is 11.3 Å². The zero-order valence-electron chi connectivity index (χ0n) is 15.8. The maximum absolute atomic E-state index is 12.4. The standard InChI is InChI=1S/C21H27N3O3/c1-3-26-17-9-5-15(6-10-17)14-22-21(25)20-13-19(23-24-20)16-7-11-18(12-8-16)27-4-2/h5-12,19-20,23-24H,3-4,13-14H2,1-2H3,(H,22,25). The van der Waals surface area contributed by atoms with Crippen LogP contribution in [0.4, 0.5) is 0 Å². The number of hydrogen-bond acceptors (Lipinski definition) is 5. The number of hydrogen-bond donors (Lipinski definition) is 3. The highest BCUT2D eigenvalue weighted by molar-refractivity contribution is 5.82. The minimum Gasteiger partial charge on any atom is -0.494 e. The maximum atomic E-state index is 12.4. The van der Waals surface area contributed by atoms with Gasteiger partial charge in [-0.2, -0.15) is 0 Å². The number of ether oxygens (including phenoxy) is 2. The van der Waals surface area contributed by atoms with E-state index in [-0.39, 0.29) is 18.0 Å². The van der Waals surface area contributed by atoms with Crippen LogP contribution < -0.4 is 25.6 Å². The first-order chi connectivity index (χ1) is 13.2. The molecule has 0 saturated carbocycles. The van der Waals surface area contributed by atoms with E-state index in [4.69, 9.17) is 9.47 Å². The molecule has 0 spiro atoms. The van der Waals surface area contributed by atoms with E-state index < -0.39 is 0 Å². The Hall–Kier alpha value is -2.57. The van der Waals surface area contributed by atoms with Crippen LogP contribution in [0.5, 0.6) is 11.5 Å². The Bertz CT molecular complexity index is 731. The summed E-state index contributed by atoms with van der Waals surface area (Å²) < 4.78 is 10.9. The fourth-order valence-corrected chi connectivity index (χ4v) is 3.09. The van der Waals surface area contributed by atoms with Crippen LogP contribution in [0.15, 0.2) is 48.5 Å². The molecule has 2 aromatic rings. The van der Waals surface area contributed by atoms with Crippen molar-refractivity contribution in [3.8, 4) is 11.5 Å². The zero-order valence-corrected chi connectivity index (χ0v) is 15.8. The first-order valence-corrected chi connectivity index (χ1v) is 9.42. The lowest BCUT2D eigenvalue weighted by molar-refractivity contribution is -0.123. The van der Waals surface area contributed by atoms with Crippen molar-refractivity contribution in [3.05, 3.63) is 59.7 Å². The molecule has 3 N–H and O–H groups in total. The summed E-state index contributed by atoms with van der Waals surface area (Å²) in [4.78, 5) is 12.4. The molecule has 0 radical (unpaired) electrons. The first kappa shape index (κ1) is 19.2. The van der Waals surface area contributed by atoms with Crippen molar-refractivity contribution >= 4 is 5.91 Å². The van der Waals surface area contributed by atoms with Gasteiger partial charge in [0, 0.05) is 12.6 Å². The molecule has 1 amide bonds. The fourth-order valence-electron chi connectivity index (χ4n) is 3.09. The fraction of sp³-hybridized carbons (Fsp3) is 0.381. The largest absolute Gasteiger partial charge is 0.494 e. The van der Waals surface area contributed by atoms with Crippen molar-refractivity contribution in [2.24, 2.45) is 0 Å². The van der Waals surface area contributed by atoms with Gasteiger partial charge in [-0.05, 0) is 55.7 Å². The third-order valence-corrected chi connectivity index (χ3v) is 4.51. The van der Waals surface area contributed by atoms with Crippen molar-refractivity contribution in [3.63, 3.8) is 0 Å². The van der Waals surface area contributed by atoms with Gasteiger partial charge >= 0.3 is 0 Å². The number of nitrogens with one attached hydrogen (secondary N) is 3. The van der Waals surface area contributed by atoms with E-state index >= 15 is 0 Å². The van der Waals surface area contributed by atoms with Crippen molar-refractivity contribution in [2.75, 3.05) is 13.2 Å². The van der Waals surface area contributed by atoms with Crippen LogP contribution in [0, 0.1) is 0 Å². The van der Waals surface area contributed by atoms with Gasteiger partial charge in [-0.1, -0.05) is 24.3 Å². The molecule has 6 heteroatoms. The summed E-state index contributed by atoms with van der Waals surface area (Å²) in [5.74, 6) is 1.69. The number of rotatable bonds is 8. The van der Waals surface area contributed by atoms with Gasteiger partial charge < -0.3 is 14.8 Å². The molecule has 0 bridgehead atoms. The van der Waals surface area contributed by atoms with Gasteiger partial charge in [-0.3, -0.25) is 4.79 Å². The van der Waals surface area contributed by atoms with E-state index in [1.54, 1.807) is 0 Å². The average Bonchev–Trinajstić information content (AvgIpc) is 3.19. The molecule has 3 rings (SSSR count). The molecule has 2 unspecified atom stereocenters. The Morgan fingerprint density at radius 1 is 0.963 bits per heavy atom. The van der Waals surface area contributed by atoms with Gasteiger partial charge in [-0.25, -0.2) is 10.9 Å². The van der Waals surface area contributed by atoms with Crippen LogP contribution in [-0.4, -0.2) is 25.2 Å². The molecular weight excluding hydrogens is 342 g/mol. The molecule has 2 atom stereocenters. The molecule has 1 fully saturated rings. The van der Waals surface area contributed by atoms with Crippen molar-refractivity contribution < 1.29 is 14.3 Å². The van der Waals surface area contributed by atoms with Crippen molar-refractivity contribution in [1.29, 1.82) is 0 Å². The minimum absolute atomic E-state index is 0.00942. The van der Waals surface area contributed by atoms with Gasteiger partial charge in [0.2, 0.25) is 5.91 Å². The van der Waals surface area contributed by atoms with Gasteiger partial charge in [0.15, 0.2) is 0 Å². The van der Waals surface area contributed by atoms with E-state index in [9.17, 15) is 4.79 Å². The molecule has 0 aromatic heterocycles. The Balaban J connectivity index is 1.48. The summed E-state index contributed by atoms with van der Waals surface area (Å²) in [5, 5.41) is 2.99. The predicted octanol–water partition coefficient (Wildman–Crippen LogP) is 2.71. The van der Waals surface area contributed by atoms with Crippen LogP contribution >= 0.6 is 0 Å². The highest BCUT2D eigenvalue weighted by atomic mass is 16.5. The summed E-state index contributed by atoms with van der Waals surface area (Å²) >= 11 is 0. The highest BCUT2D eigenvalue weighted by Crippen LogP contribution is 2.24. The van der Waals surface area contributed by atoms with Gasteiger partial charge in [-0.15, -0.1) is 0 Å². The van der Waals surface area contributed by atoms with E-state index in [1.807, 2.05) is 62.4 Å². The second kappa shape index (κ2) is 9.39. The van der Waals surface area contributed by atoms with Gasteiger partial charge in [0.1, 0.15) is 17.5 Å². The number of carbonyl (C=O) groups excluding carboxylic acids is 1. The summed E-state index contributed by atoms with van der Waals surface area (Å²) in [5.41, 5.74) is 8.48.